The van der Waals surface area contributed by atoms with Gasteiger partial charge in [-0.2, -0.15) is 0 Å². The summed E-state index contributed by atoms with van der Waals surface area (Å²) < 4.78 is 1.02. The van der Waals surface area contributed by atoms with Gasteiger partial charge in [-0.1, -0.05) is 36.4 Å². The molecular formula is C17H18BrNO. The second-order valence-electron chi connectivity index (χ2n) is 5.36. The zero-order chi connectivity index (χ0) is 14.0. The Morgan fingerprint density at radius 3 is 2.65 bits per heavy atom. The van der Waals surface area contributed by atoms with Gasteiger partial charge in [0.1, 0.15) is 0 Å². The first-order chi connectivity index (χ1) is 9.75. The Labute approximate surface area is 128 Å². The van der Waals surface area contributed by atoms with Crippen LogP contribution in [0.1, 0.15) is 24.0 Å². The SMILES string of the molecule is OCC1(Nc2ccccc2Br)CCCc2ccccc21. The van der Waals surface area contributed by atoms with Crippen molar-refractivity contribution < 1.29 is 5.11 Å². The lowest BCUT2D eigenvalue weighted by molar-refractivity contribution is 0.194. The van der Waals surface area contributed by atoms with Crippen molar-refractivity contribution in [3.05, 3.63) is 64.1 Å². The fourth-order valence-corrected chi connectivity index (χ4v) is 3.46. The molecule has 3 rings (SSSR count). The Hall–Kier alpha value is -1.32. The molecule has 2 N–H and O–H groups in total. The number of aryl methyl sites for hydroxylation is 1. The molecule has 0 fully saturated rings. The van der Waals surface area contributed by atoms with E-state index in [9.17, 15) is 5.11 Å². The lowest BCUT2D eigenvalue weighted by atomic mass is 9.77. The molecule has 0 heterocycles. The maximum atomic E-state index is 10.1. The average molecular weight is 332 g/mol. The molecule has 0 radical (unpaired) electrons. The zero-order valence-electron chi connectivity index (χ0n) is 11.3. The average Bonchev–Trinajstić information content (AvgIpc) is 2.50. The molecule has 2 aromatic carbocycles. The normalized spacial score (nSPS) is 21.3. The van der Waals surface area contributed by atoms with Gasteiger partial charge in [-0.3, -0.25) is 0 Å². The van der Waals surface area contributed by atoms with Crippen molar-refractivity contribution in [1.29, 1.82) is 0 Å². The first kappa shape index (κ1) is 13.7. The van der Waals surface area contributed by atoms with Gasteiger partial charge in [-0.25, -0.2) is 0 Å². The molecule has 2 aromatic rings. The number of aliphatic hydroxyl groups excluding tert-OH is 1. The number of hydrogen-bond donors (Lipinski definition) is 2. The Morgan fingerprint density at radius 1 is 1.10 bits per heavy atom. The zero-order valence-corrected chi connectivity index (χ0v) is 12.9. The van der Waals surface area contributed by atoms with Crippen molar-refractivity contribution in [2.45, 2.75) is 24.8 Å². The third kappa shape index (κ3) is 2.36. The van der Waals surface area contributed by atoms with Gasteiger partial charge >= 0.3 is 0 Å². The highest BCUT2D eigenvalue weighted by Gasteiger charge is 2.36. The number of aliphatic hydroxyl groups is 1. The summed E-state index contributed by atoms with van der Waals surface area (Å²) in [4.78, 5) is 0. The van der Waals surface area contributed by atoms with Crippen LogP contribution in [0.2, 0.25) is 0 Å². The quantitative estimate of drug-likeness (QED) is 0.887. The molecule has 0 amide bonds. The molecule has 1 atom stereocenters. The molecule has 0 aliphatic heterocycles. The summed E-state index contributed by atoms with van der Waals surface area (Å²) in [6, 6.07) is 16.5. The van der Waals surface area contributed by atoms with Gasteiger partial charge in [0.15, 0.2) is 0 Å². The van der Waals surface area contributed by atoms with Gasteiger partial charge in [-0.05, 0) is 58.5 Å². The molecule has 0 aromatic heterocycles. The molecule has 104 valence electrons. The molecule has 20 heavy (non-hydrogen) atoms. The maximum Gasteiger partial charge on any atom is 0.0859 e. The third-order valence-electron chi connectivity index (χ3n) is 4.10. The summed E-state index contributed by atoms with van der Waals surface area (Å²) in [6.07, 6.45) is 3.13. The van der Waals surface area contributed by atoms with Crippen molar-refractivity contribution in [3.63, 3.8) is 0 Å². The highest BCUT2D eigenvalue weighted by atomic mass is 79.9. The molecular weight excluding hydrogens is 314 g/mol. The van der Waals surface area contributed by atoms with E-state index in [1.807, 2.05) is 24.3 Å². The van der Waals surface area contributed by atoms with Crippen LogP contribution in [-0.4, -0.2) is 11.7 Å². The summed E-state index contributed by atoms with van der Waals surface area (Å²) >= 11 is 3.57. The van der Waals surface area contributed by atoms with Crippen LogP contribution in [0.15, 0.2) is 53.0 Å². The highest BCUT2D eigenvalue weighted by molar-refractivity contribution is 9.10. The standard InChI is InChI=1S/C17H18BrNO/c18-15-9-3-4-10-16(15)19-17(12-20)11-5-7-13-6-1-2-8-14(13)17/h1-4,6,8-10,19-20H,5,7,11-12H2. The topological polar surface area (TPSA) is 32.3 Å². The summed E-state index contributed by atoms with van der Waals surface area (Å²) in [5.74, 6) is 0. The lowest BCUT2D eigenvalue weighted by Gasteiger charge is -2.39. The minimum atomic E-state index is -0.376. The number of hydrogen-bond acceptors (Lipinski definition) is 2. The first-order valence-electron chi connectivity index (χ1n) is 6.97. The lowest BCUT2D eigenvalue weighted by Crippen LogP contribution is -2.42. The van der Waals surface area contributed by atoms with E-state index < -0.39 is 0 Å². The van der Waals surface area contributed by atoms with Crippen LogP contribution >= 0.6 is 15.9 Å². The van der Waals surface area contributed by atoms with E-state index in [2.05, 4.69) is 45.5 Å². The van der Waals surface area contributed by atoms with Crippen LogP contribution in [0.5, 0.6) is 0 Å². The van der Waals surface area contributed by atoms with Crippen LogP contribution < -0.4 is 5.32 Å². The first-order valence-corrected chi connectivity index (χ1v) is 7.76. The van der Waals surface area contributed by atoms with E-state index in [-0.39, 0.29) is 12.1 Å². The van der Waals surface area contributed by atoms with E-state index in [0.717, 1.165) is 29.4 Å². The van der Waals surface area contributed by atoms with Gasteiger partial charge in [0.2, 0.25) is 0 Å². The smallest absolute Gasteiger partial charge is 0.0859 e. The number of benzene rings is 2. The molecule has 1 aliphatic rings. The number of para-hydroxylation sites is 1. The number of fused-ring (bicyclic) bond motifs is 1. The van der Waals surface area contributed by atoms with Gasteiger partial charge in [0.05, 0.1) is 12.1 Å². The van der Waals surface area contributed by atoms with Gasteiger partial charge in [0, 0.05) is 10.2 Å². The second-order valence-corrected chi connectivity index (χ2v) is 6.21. The van der Waals surface area contributed by atoms with Crippen molar-refractivity contribution in [1.82, 2.24) is 0 Å². The minimum Gasteiger partial charge on any atom is -0.394 e. The van der Waals surface area contributed by atoms with Crippen molar-refractivity contribution in [3.8, 4) is 0 Å². The summed E-state index contributed by atoms with van der Waals surface area (Å²) in [5, 5.41) is 13.6. The largest absolute Gasteiger partial charge is 0.394 e. The highest BCUT2D eigenvalue weighted by Crippen LogP contribution is 2.39. The Bertz CT molecular complexity index is 613. The predicted molar refractivity (Wildman–Crippen MR) is 85.9 cm³/mol. The Balaban J connectivity index is 2.03. The molecule has 0 saturated carbocycles. The van der Waals surface area contributed by atoms with Crippen LogP contribution in [-0.2, 0) is 12.0 Å². The summed E-state index contributed by atoms with van der Waals surface area (Å²) in [7, 11) is 0. The van der Waals surface area contributed by atoms with E-state index in [0.29, 0.717) is 0 Å². The van der Waals surface area contributed by atoms with Crippen molar-refractivity contribution >= 4 is 21.6 Å². The number of rotatable bonds is 3. The molecule has 0 spiro atoms. The van der Waals surface area contributed by atoms with Crippen LogP contribution in [0.25, 0.3) is 0 Å². The fourth-order valence-electron chi connectivity index (χ4n) is 3.07. The number of halogens is 1. The van der Waals surface area contributed by atoms with Crippen LogP contribution in [0.4, 0.5) is 5.69 Å². The van der Waals surface area contributed by atoms with Gasteiger partial charge < -0.3 is 10.4 Å². The molecule has 3 heteroatoms. The Kier molecular flexibility index (Phi) is 3.81. The summed E-state index contributed by atoms with van der Waals surface area (Å²) in [6.45, 7) is 0.103. The van der Waals surface area contributed by atoms with Gasteiger partial charge in [0.25, 0.3) is 0 Å². The number of nitrogens with one attached hydrogen (secondary N) is 1. The van der Waals surface area contributed by atoms with Crippen molar-refractivity contribution in [2.75, 3.05) is 11.9 Å². The summed E-state index contributed by atoms with van der Waals surface area (Å²) in [5.41, 5.74) is 3.22. The maximum absolute atomic E-state index is 10.1. The monoisotopic (exact) mass is 331 g/mol. The number of anilines is 1. The molecule has 0 bridgehead atoms. The molecule has 2 nitrogen and oxygen atoms in total. The van der Waals surface area contributed by atoms with E-state index >= 15 is 0 Å². The van der Waals surface area contributed by atoms with E-state index in [1.165, 1.54) is 11.1 Å². The Morgan fingerprint density at radius 2 is 1.85 bits per heavy atom. The van der Waals surface area contributed by atoms with Crippen LogP contribution in [0, 0.1) is 0 Å². The molecule has 1 aliphatic carbocycles. The van der Waals surface area contributed by atoms with Crippen molar-refractivity contribution in [2.24, 2.45) is 0 Å². The predicted octanol–water partition coefficient (Wildman–Crippen LogP) is 4.09. The minimum absolute atomic E-state index is 0.103. The van der Waals surface area contributed by atoms with E-state index in [4.69, 9.17) is 0 Å². The third-order valence-corrected chi connectivity index (χ3v) is 4.79. The molecule has 1 unspecified atom stereocenters. The second kappa shape index (κ2) is 5.58. The van der Waals surface area contributed by atoms with E-state index in [1.54, 1.807) is 0 Å². The fraction of sp³-hybridized carbons (Fsp3) is 0.294. The van der Waals surface area contributed by atoms with Crippen LogP contribution in [0.3, 0.4) is 0 Å². The van der Waals surface area contributed by atoms with Gasteiger partial charge in [-0.15, -0.1) is 0 Å². The molecule has 0 saturated heterocycles.